The summed E-state index contributed by atoms with van der Waals surface area (Å²) in [5, 5.41) is 0. The number of imidazole rings is 1. The minimum absolute atomic E-state index is 0.0164. The minimum atomic E-state index is -2.76. The van der Waals surface area contributed by atoms with Crippen molar-refractivity contribution in [3.8, 4) is 0 Å². The third-order valence-electron chi connectivity index (χ3n) is 7.02. The summed E-state index contributed by atoms with van der Waals surface area (Å²) in [6.45, 7) is 10.3. The molecular weight excluding hydrogens is 484 g/mol. The molecule has 2 aromatic rings. The van der Waals surface area contributed by atoms with Gasteiger partial charge in [-0.05, 0) is 57.3 Å². The van der Waals surface area contributed by atoms with Crippen LogP contribution in [0.5, 0.6) is 0 Å². The molecule has 0 bridgehead atoms. The zero-order chi connectivity index (χ0) is 23.5. The van der Waals surface area contributed by atoms with Gasteiger partial charge in [0.15, 0.2) is 23.9 Å². The third-order valence-corrected chi connectivity index (χ3v) is 12.8. The highest BCUT2D eigenvalue weighted by Gasteiger charge is 2.56. The fraction of sp³-hybridized carbons (Fsp3) is 0.667. The molecule has 0 unspecified atom stereocenters. The molecule has 8 nitrogen and oxygen atoms in total. The Morgan fingerprint density at radius 3 is 3.00 bits per heavy atom. The number of halogens is 1. The van der Waals surface area contributed by atoms with Crippen LogP contribution in [0.15, 0.2) is 24.8 Å². The Labute approximate surface area is 201 Å². The Morgan fingerprint density at radius 2 is 2.27 bits per heavy atom. The topological polar surface area (TPSA) is 97.3 Å². The molecule has 2 saturated heterocycles. The highest BCUT2D eigenvalue weighted by Crippen LogP contribution is 2.76. The average Bonchev–Trinajstić information content (AvgIpc) is 3.39. The van der Waals surface area contributed by atoms with Gasteiger partial charge in [-0.25, -0.2) is 19.3 Å². The van der Waals surface area contributed by atoms with Crippen molar-refractivity contribution in [1.82, 2.24) is 19.5 Å². The Kier molecular flexibility index (Phi) is 6.11. The lowest BCUT2D eigenvalue weighted by Gasteiger charge is -2.37. The predicted molar refractivity (Wildman–Crippen MR) is 131 cm³/mol. The number of allylic oxidation sites excluding steroid dienone is 1. The second kappa shape index (κ2) is 8.53. The van der Waals surface area contributed by atoms with Gasteiger partial charge in [0.05, 0.1) is 18.5 Å². The van der Waals surface area contributed by atoms with Crippen molar-refractivity contribution < 1.29 is 18.2 Å². The summed E-state index contributed by atoms with van der Waals surface area (Å²) in [6.07, 6.45) is 2.56. The molecule has 2 N–H and O–H groups in total. The molecule has 2 aliphatic heterocycles. The molecule has 1 saturated carbocycles. The van der Waals surface area contributed by atoms with Gasteiger partial charge in [0.25, 0.3) is 0 Å². The van der Waals surface area contributed by atoms with Crippen LogP contribution in [0.4, 0.5) is 10.2 Å². The van der Waals surface area contributed by atoms with E-state index in [4.69, 9.17) is 31.3 Å². The number of ether oxygens (including phenoxy) is 1. The second-order valence-corrected chi connectivity index (χ2v) is 15.9. The minimum Gasteiger partial charge on any atom is -0.382 e. The van der Waals surface area contributed by atoms with Gasteiger partial charge in [0.2, 0.25) is 5.69 Å². The summed E-state index contributed by atoms with van der Waals surface area (Å²) in [4.78, 5) is 12.4. The fourth-order valence-corrected chi connectivity index (χ4v) is 12.5. The number of nitrogens with zero attached hydrogens (tertiary/aromatic N) is 4. The highest BCUT2D eigenvalue weighted by atomic mass is 32.9. The molecule has 0 amide bonds. The van der Waals surface area contributed by atoms with E-state index in [1.54, 1.807) is 15.9 Å². The number of nitrogens with two attached hydrogens (primary N) is 1. The van der Waals surface area contributed by atoms with E-state index in [0.717, 1.165) is 19.3 Å². The molecule has 180 valence electrons. The van der Waals surface area contributed by atoms with Crippen LogP contribution in [0.3, 0.4) is 0 Å². The number of fused-ring (bicyclic) bond motifs is 2. The smallest absolute Gasteiger partial charge is 0.248 e. The first-order valence-electron chi connectivity index (χ1n) is 11.2. The summed E-state index contributed by atoms with van der Waals surface area (Å²) >= 11 is 7.50. The number of hydrogen-bond donors (Lipinski definition) is 1. The van der Waals surface area contributed by atoms with E-state index >= 15 is 4.39 Å². The summed E-state index contributed by atoms with van der Waals surface area (Å²) in [7, 11) is 0. The molecule has 4 heterocycles. The summed E-state index contributed by atoms with van der Waals surface area (Å²) in [6, 6.07) is 0. The molecule has 8 atom stereocenters. The molecule has 3 aliphatic rings. The molecule has 0 aromatic carbocycles. The standard InChI is InChI=1S/C21H29FN5O3PS2/c1-5-13-17(15(22)20(28-13)27-10-26-16-18(23)24-9-25-19(16)27)30-31(32)29-14-8-12(11(2)3)6-7-21(14,4)33-31/h9-10,12-15,17,20H,2,5-8H2,1,3-4H3,(H2,23,24,25)/t12-,13+,14+,15+,17+,20+,21+,31+/m0/s1. The number of rotatable bonds is 5. The molecule has 0 radical (unpaired) electrons. The van der Waals surface area contributed by atoms with Gasteiger partial charge in [-0.2, -0.15) is 0 Å². The van der Waals surface area contributed by atoms with Crippen LogP contribution in [-0.2, 0) is 25.6 Å². The van der Waals surface area contributed by atoms with Crippen molar-refractivity contribution in [3.63, 3.8) is 0 Å². The third kappa shape index (κ3) is 4.04. The van der Waals surface area contributed by atoms with Gasteiger partial charge in [0.1, 0.15) is 17.9 Å². The highest BCUT2D eigenvalue weighted by molar-refractivity contribution is 8.68. The normalized spacial score (nSPS) is 40.8. The monoisotopic (exact) mass is 513 g/mol. The lowest BCUT2D eigenvalue weighted by Crippen LogP contribution is -2.39. The number of alkyl halides is 1. The van der Waals surface area contributed by atoms with E-state index in [9.17, 15) is 0 Å². The Hall–Kier alpha value is -1.10. The molecular formula is C21H29FN5O3PS2. The lowest BCUT2D eigenvalue weighted by molar-refractivity contribution is -0.0224. The Morgan fingerprint density at radius 1 is 1.48 bits per heavy atom. The van der Waals surface area contributed by atoms with E-state index in [1.165, 1.54) is 18.2 Å². The summed E-state index contributed by atoms with van der Waals surface area (Å²) in [5.41, 5.74) is 5.13. The van der Waals surface area contributed by atoms with Crippen LogP contribution < -0.4 is 5.73 Å². The number of anilines is 1. The molecule has 0 spiro atoms. The van der Waals surface area contributed by atoms with Crippen LogP contribution >= 0.6 is 17.1 Å². The lowest BCUT2D eigenvalue weighted by atomic mass is 9.77. The van der Waals surface area contributed by atoms with E-state index < -0.39 is 30.3 Å². The van der Waals surface area contributed by atoms with Crippen LogP contribution in [-0.4, -0.2) is 48.7 Å². The van der Waals surface area contributed by atoms with E-state index in [2.05, 4.69) is 35.4 Å². The first-order chi connectivity index (χ1) is 15.6. The van der Waals surface area contributed by atoms with Crippen molar-refractivity contribution in [2.24, 2.45) is 5.92 Å². The van der Waals surface area contributed by atoms with Crippen LogP contribution in [0, 0.1) is 5.92 Å². The van der Waals surface area contributed by atoms with Crippen LogP contribution in [0.1, 0.15) is 52.7 Å². The second-order valence-electron chi connectivity index (χ2n) is 9.33. The fourth-order valence-electron chi connectivity index (χ4n) is 5.01. The van der Waals surface area contributed by atoms with Crippen LogP contribution in [0.2, 0.25) is 0 Å². The Bertz CT molecular complexity index is 1130. The van der Waals surface area contributed by atoms with Crippen LogP contribution in [0.25, 0.3) is 11.2 Å². The summed E-state index contributed by atoms with van der Waals surface area (Å²) in [5.74, 6) is 0.660. The first kappa shape index (κ1) is 23.6. The predicted octanol–water partition coefficient (Wildman–Crippen LogP) is 4.93. The van der Waals surface area contributed by atoms with Crippen molar-refractivity contribution >= 4 is 45.9 Å². The quantitative estimate of drug-likeness (QED) is 0.441. The zero-order valence-electron chi connectivity index (χ0n) is 18.9. The average molecular weight is 514 g/mol. The van der Waals surface area contributed by atoms with Gasteiger partial charge in [-0.3, -0.25) is 4.57 Å². The van der Waals surface area contributed by atoms with Crippen molar-refractivity contribution in [1.29, 1.82) is 0 Å². The van der Waals surface area contributed by atoms with E-state index in [0.29, 0.717) is 23.5 Å². The Balaban J connectivity index is 1.37. The molecule has 2 aromatic heterocycles. The summed E-state index contributed by atoms with van der Waals surface area (Å²) < 4.78 is 36.1. The maximum absolute atomic E-state index is 15.9. The maximum atomic E-state index is 15.9. The van der Waals surface area contributed by atoms with Gasteiger partial charge >= 0.3 is 0 Å². The van der Waals surface area contributed by atoms with Gasteiger partial charge in [0, 0.05) is 4.75 Å². The molecule has 1 aliphatic carbocycles. The van der Waals surface area contributed by atoms with E-state index in [-0.39, 0.29) is 16.7 Å². The van der Waals surface area contributed by atoms with Gasteiger partial charge in [-0.1, -0.05) is 30.5 Å². The number of aromatic nitrogens is 4. The SMILES string of the molecule is C=C(C)[C@H]1CC[C@@]2(C)S[P@@](=S)(O[C@H]3[C@@H](F)[C@H](n4cnc5c(N)ncnc54)O[C@@H]3CC)O[C@@H]2C1. The molecule has 33 heavy (non-hydrogen) atoms. The van der Waals surface area contributed by atoms with Crippen molar-refractivity contribution in [2.45, 2.75) is 81.9 Å². The molecule has 12 heteroatoms. The molecule has 3 fully saturated rings. The molecule has 5 rings (SSSR count). The van der Waals surface area contributed by atoms with Crippen molar-refractivity contribution in [2.75, 3.05) is 5.73 Å². The zero-order valence-corrected chi connectivity index (χ0v) is 21.4. The van der Waals surface area contributed by atoms with E-state index in [1.807, 2.05) is 6.92 Å². The number of hydrogen-bond acceptors (Lipinski definition) is 9. The number of nitrogen functional groups attached to an aromatic ring is 1. The van der Waals surface area contributed by atoms with Gasteiger partial charge in [-0.15, -0.1) is 0 Å². The maximum Gasteiger partial charge on any atom is 0.248 e. The van der Waals surface area contributed by atoms with Crippen molar-refractivity contribution in [3.05, 3.63) is 24.8 Å². The largest absolute Gasteiger partial charge is 0.382 e. The first-order valence-corrected chi connectivity index (χ1v) is 15.3. The van der Waals surface area contributed by atoms with Gasteiger partial charge < -0.3 is 19.5 Å².